The van der Waals surface area contributed by atoms with Gasteiger partial charge in [-0.15, -0.1) is 0 Å². The maximum absolute atomic E-state index is 12.6. The fourth-order valence-corrected chi connectivity index (χ4v) is 3.68. The molecule has 5 nitrogen and oxygen atoms in total. The fraction of sp³-hybridized carbons (Fsp3) is 0.300. The molecule has 0 radical (unpaired) electrons. The molecule has 2 aromatic carbocycles. The Hall–Kier alpha value is -2.82. The summed E-state index contributed by atoms with van der Waals surface area (Å²) in [6, 6.07) is 17.9. The maximum atomic E-state index is 12.6. The molecule has 0 saturated carbocycles. The molecule has 1 heterocycles. The summed E-state index contributed by atoms with van der Waals surface area (Å²) in [6.07, 6.45) is 0.798. The number of nitrogens with zero attached hydrogens (tertiary/aromatic N) is 1. The number of fused-ring (bicyclic) bond motifs is 1. The molecule has 2 unspecified atom stereocenters. The third-order valence-corrected chi connectivity index (χ3v) is 4.88. The van der Waals surface area contributed by atoms with Gasteiger partial charge in [-0.1, -0.05) is 54.6 Å². The zero-order valence-electron chi connectivity index (χ0n) is 14.3. The SMILES string of the molecule is CC1C(c2ccccc2)c2ccccc2CCN1C(=O)CNC(N)=O. The lowest BCUT2D eigenvalue weighted by Gasteiger charge is -2.33. The lowest BCUT2D eigenvalue weighted by molar-refractivity contribution is -0.132. The van der Waals surface area contributed by atoms with Gasteiger partial charge >= 0.3 is 6.03 Å². The number of hydrogen-bond acceptors (Lipinski definition) is 2. The molecular weight excluding hydrogens is 314 g/mol. The van der Waals surface area contributed by atoms with Gasteiger partial charge in [-0.05, 0) is 30.0 Å². The summed E-state index contributed by atoms with van der Waals surface area (Å²) in [6.45, 7) is 2.63. The van der Waals surface area contributed by atoms with Crippen molar-refractivity contribution in [3.05, 3.63) is 71.3 Å². The highest BCUT2D eigenvalue weighted by Gasteiger charge is 2.33. The Balaban J connectivity index is 1.96. The first-order valence-corrected chi connectivity index (χ1v) is 8.53. The van der Waals surface area contributed by atoms with Crippen LogP contribution in [0.2, 0.25) is 0 Å². The summed E-state index contributed by atoms with van der Waals surface area (Å²) in [7, 11) is 0. The average Bonchev–Trinajstić information content (AvgIpc) is 2.76. The molecule has 0 bridgehead atoms. The second kappa shape index (κ2) is 7.38. The third kappa shape index (κ3) is 3.65. The zero-order valence-corrected chi connectivity index (χ0v) is 14.3. The van der Waals surface area contributed by atoms with E-state index in [1.807, 2.05) is 35.2 Å². The summed E-state index contributed by atoms with van der Waals surface area (Å²) in [5.74, 6) is -0.0162. The molecule has 130 valence electrons. The highest BCUT2D eigenvalue weighted by molar-refractivity contribution is 5.83. The van der Waals surface area contributed by atoms with E-state index in [1.165, 1.54) is 16.7 Å². The normalized spacial score (nSPS) is 19.6. The van der Waals surface area contributed by atoms with Crippen LogP contribution in [-0.4, -0.2) is 36.0 Å². The molecule has 0 spiro atoms. The number of carbonyl (C=O) groups is 2. The predicted molar refractivity (Wildman–Crippen MR) is 97.2 cm³/mol. The Morgan fingerprint density at radius 1 is 1.12 bits per heavy atom. The van der Waals surface area contributed by atoms with Crippen LogP contribution in [0.4, 0.5) is 4.79 Å². The third-order valence-electron chi connectivity index (χ3n) is 4.88. The lowest BCUT2D eigenvalue weighted by Crippen LogP contribution is -2.47. The van der Waals surface area contributed by atoms with Gasteiger partial charge in [0.2, 0.25) is 5.91 Å². The first kappa shape index (κ1) is 17.0. The smallest absolute Gasteiger partial charge is 0.312 e. The molecule has 1 aliphatic heterocycles. The maximum Gasteiger partial charge on any atom is 0.312 e. The van der Waals surface area contributed by atoms with Crippen LogP contribution in [-0.2, 0) is 11.2 Å². The van der Waals surface area contributed by atoms with Crippen molar-refractivity contribution in [1.82, 2.24) is 10.2 Å². The summed E-state index contributed by atoms with van der Waals surface area (Å²) >= 11 is 0. The van der Waals surface area contributed by atoms with Crippen LogP contribution in [0.15, 0.2) is 54.6 Å². The van der Waals surface area contributed by atoms with E-state index >= 15 is 0 Å². The molecule has 2 aromatic rings. The van der Waals surface area contributed by atoms with E-state index in [2.05, 4.69) is 36.5 Å². The lowest BCUT2D eigenvalue weighted by atomic mass is 9.83. The van der Waals surface area contributed by atoms with E-state index in [-0.39, 0.29) is 24.4 Å². The van der Waals surface area contributed by atoms with Crippen molar-refractivity contribution in [2.24, 2.45) is 5.73 Å². The Kier molecular flexibility index (Phi) is 5.03. The monoisotopic (exact) mass is 337 g/mol. The molecule has 3 rings (SSSR count). The molecule has 2 atom stereocenters. The van der Waals surface area contributed by atoms with E-state index < -0.39 is 6.03 Å². The average molecular weight is 337 g/mol. The molecule has 3 N–H and O–H groups in total. The van der Waals surface area contributed by atoms with Crippen LogP contribution in [0.25, 0.3) is 0 Å². The van der Waals surface area contributed by atoms with Gasteiger partial charge in [-0.3, -0.25) is 4.79 Å². The van der Waals surface area contributed by atoms with Crippen LogP contribution in [0.3, 0.4) is 0 Å². The highest BCUT2D eigenvalue weighted by Crippen LogP contribution is 2.35. The van der Waals surface area contributed by atoms with Gasteiger partial charge in [0.1, 0.15) is 0 Å². The quantitative estimate of drug-likeness (QED) is 0.901. The van der Waals surface area contributed by atoms with Gasteiger partial charge in [0.05, 0.1) is 6.54 Å². The predicted octanol–water partition coefficient (Wildman–Crippen LogP) is 2.26. The van der Waals surface area contributed by atoms with E-state index in [4.69, 9.17) is 5.73 Å². The fourth-order valence-electron chi connectivity index (χ4n) is 3.68. The van der Waals surface area contributed by atoms with Gasteiger partial charge in [-0.2, -0.15) is 0 Å². The van der Waals surface area contributed by atoms with Crippen LogP contribution in [0.5, 0.6) is 0 Å². The Morgan fingerprint density at radius 3 is 2.52 bits per heavy atom. The van der Waals surface area contributed by atoms with Crippen molar-refractivity contribution < 1.29 is 9.59 Å². The van der Waals surface area contributed by atoms with Crippen LogP contribution >= 0.6 is 0 Å². The zero-order chi connectivity index (χ0) is 17.8. The molecule has 0 saturated heterocycles. The first-order chi connectivity index (χ1) is 12.1. The number of nitrogens with two attached hydrogens (primary N) is 1. The number of benzene rings is 2. The Morgan fingerprint density at radius 2 is 1.80 bits per heavy atom. The van der Waals surface area contributed by atoms with Crippen LogP contribution in [0, 0.1) is 0 Å². The Labute approximate surface area is 147 Å². The van der Waals surface area contributed by atoms with Crippen LogP contribution in [0.1, 0.15) is 29.5 Å². The minimum atomic E-state index is -0.682. The molecule has 1 aliphatic rings. The molecule has 25 heavy (non-hydrogen) atoms. The van der Waals surface area contributed by atoms with E-state index in [0.29, 0.717) is 6.54 Å². The van der Waals surface area contributed by atoms with Crippen LogP contribution < -0.4 is 11.1 Å². The minimum absolute atomic E-state index is 0.0202. The second-order valence-electron chi connectivity index (χ2n) is 6.38. The van der Waals surface area contributed by atoms with Crippen molar-refractivity contribution in [3.63, 3.8) is 0 Å². The Bertz CT molecular complexity index is 761. The summed E-state index contributed by atoms with van der Waals surface area (Å²) in [4.78, 5) is 25.4. The summed E-state index contributed by atoms with van der Waals surface area (Å²) in [5, 5.41) is 2.41. The largest absolute Gasteiger partial charge is 0.352 e. The first-order valence-electron chi connectivity index (χ1n) is 8.53. The molecule has 0 aliphatic carbocycles. The molecule has 0 fully saturated rings. The number of carbonyl (C=O) groups excluding carboxylic acids is 2. The topological polar surface area (TPSA) is 75.4 Å². The number of urea groups is 1. The van der Waals surface area contributed by atoms with Gasteiger partial charge in [0, 0.05) is 18.5 Å². The minimum Gasteiger partial charge on any atom is -0.352 e. The van der Waals surface area contributed by atoms with Gasteiger partial charge < -0.3 is 16.0 Å². The number of amides is 3. The van der Waals surface area contributed by atoms with E-state index in [9.17, 15) is 9.59 Å². The molecule has 0 aromatic heterocycles. The van der Waals surface area contributed by atoms with Crippen molar-refractivity contribution in [1.29, 1.82) is 0 Å². The number of hydrogen-bond donors (Lipinski definition) is 2. The molecule has 3 amide bonds. The standard InChI is InChI=1S/C20H23N3O2/c1-14-19(16-8-3-2-4-9-16)17-10-6-5-7-15(17)11-12-23(14)18(24)13-22-20(21)25/h2-10,14,19H,11-13H2,1H3,(H3,21,22,25). The van der Waals surface area contributed by atoms with Gasteiger partial charge in [0.25, 0.3) is 0 Å². The summed E-state index contributed by atoms with van der Waals surface area (Å²) in [5.41, 5.74) is 8.82. The molecule has 5 heteroatoms. The van der Waals surface area contributed by atoms with Crippen molar-refractivity contribution in [3.8, 4) is 0 Å². The highest BCUT2D eigenvalue weighted by atomic mass is 16.2. The van der Waals surface area contributed by atoms with Crippen molar-refractivity contribution >= 4 is 11.9 Å². The number of primary amides is 1. The van der Waals surface area contributed by atoms with E-state index in [0.717, 1.165) is 6.42 Å². The van der Waals surface area contributed by atoms with E-state index in [1.54, 1.807) is 0 Å². The number of nitrogens with one attached hydrogen (secondary N) is 1. The van der Waals surface area contributed by atoms with Crippen molar-refractivity contribution in [2.45, 2.75) is 25.3 Å². The van der Waals surface area contributed by atoms with Crippen molar-refractivity contribution in [2.75, 3.05) is 13.1 Å². The second-order valence-corrected chi connectivity index (χ2v) is 6.38. The molecular formula is C20H23N3O2. The summed E-state index contributed by atoms with van der Waals surface area (Å²) < 4.78 is 0. The van der Waals surface area contributed by atoms with Gasteiger partial charge in [0.15, 0.2) is 0 Å². The van der Waals surface area contributed by atoms with Gasteiger partial charge in [-0.25, -0.2) is 4.79 Å². The number of rotatable bonds is 3.